The Hall–Kier alpha value is -1.83. The first-order chi connectivity index (χ1) is 11.5. The maximum atomic E-state index is 12.2. The predicted octanol–water partition coefficient (Wildman–Crippen LogP) is 1.20. The van der Waals surface area contributed by atoms with Crippen molar-refractivity contribution < 1.29 is 14.4 Å². The van der Waals surface area contributed by atoms with Crippen LogP contribution in [0.2, 0.25) is 0 Å². The summed E-state index contributed by atoms with van der Waals surface area (Å²) in [7, 11) is 1.76. The van der Waals surface area contributed by atoms with Crippen molar-refractivity contribution >= 4 is 33.7 Å². The Labute approximate surface area is 148 Å². The zero-order valence-corrected chi connectivity index (χ0v) is 15.1. The minimum atomic E-state index is -0.363. The van der Waals surface area contributed by atoms with Gasteiger partial charge in [0.2, 0.25) is 11.8 Å². The molecule has 130 valence electrons. The molecule has 2 heterocycles. The van der Waals surface area contributed by atoms with Crippen molar-refractivity contribution in [2.45, 2.75) is 25.7 Å². The van der Waals surface area contributed by atoms with Gasteiger partial charge < -0.3 is 9.47 Å². The van der Waals surface area contributed by atoms with E-state index in [-0.39, 0.29) is 29.6 Å². The number of amides is 3. The van der Waals surface area contributed by atoms with Gasteiger partial charge in [-0.25, -0.2) is 0 Å². The predicted molar refractivity (Wildman–Crippen MR) is 90.7 cm³/mol. The van der Waals surface area contributed by atoms with Crippen molar-refractivity contribution in [2.75, 3.05) is 13.1 Å². The van der Waals surface area contributed by atoms with Crippen LogP contribution in [0.1, 0.15) is 36.2 Å². The summed E-state index contributed by atoms with van der Waals surface area (Å²) in [5, 5.41) is 0. The van der Waals surface area contributed by atoms with Crippen molar-refractivity contribution in [3.8, 4) is 0 Å². The first-order valence-electron chi connectivity index (χ1n) is 8.16. The Bertz CT molecular complexity index is 660. The number of hydrogen-bond donors (Lipinski definition) is 2. The van der Waals surface area contributed by atoms with Crippen molar-refractivity contribution in [1.82, 2.24) is 20.3 Å². The molecule has 1 saturated carbocycles. The number of rotatable bonds is 3. The molecule has 24 heavy (non-hydrogen) atoms. The molecule has 0 atom stereocenters. The van der Waals surface area contributed by atoms with E-state index in [0.717, 1.165) is 17.3 Å². The van der Waals surface area contributed by atoms with Crippen molar-refractivity contribution in [2.24, 2.45) is 18.9 Å². The van der Waals surface area contributed by atoms with Gasteiger partial charge in [0.1, 0.15) is 5.69 Å². The third-order valence-electron chi connectivity index (χ3n) is 4.61. The topological polar surface area (TPSA) is 83.4 Å². The zero-order chi connectivity index (χ0) is 17.3. The molecule has 8 heteroatoms. The molecule has 1 aromatic rings. The second kappa shape index (κ2) is 6.96. The minimum absolute atomic E-state index is 0.172. The van der Waals surface area contributed by atoms with Crippen molar-refractivity contribution in [3.05, 3.63) is 22.4 Å². The molecule has 0 spiro atoms. The summed E-state index contributed by atoms with van der Waals surface area (Å²) in [5.41, 5.74) is 5.40. The number of nitrogens with zero attached hydrogens (tertiary/aromatic N) is 2. The fourth-order valence-electron chi connectivity index (χ4n) is 2.98. The van der Waals surface area contributed by atoms with Crippen LogP contribution in [-0.2, 0) is 16.6 Å². The van der Waals surface area contributed by atoms with Gasteiger partial charge >= 0.3 is 0 Å². The Balaban J connectivity index is 1.45. The smallest absolute Gasteiger partial charge is 0.286 e. The molecule has 7 nitrogen and oxygen atoms in total. The number of nitrogens with one attached hydrogen (secondary N) is 2. The Kier molecular flexibility index (Phi) is 4.93. The normalized spacial score (nSPS) is 18.3. The van der Waals surface area contributed by atoms with Crippen LogP contribution in [0.3, 0.4) is 0 Å². The molecule has 1 aliphatic heterocycles. The van der Waals surface area contributed by atoms with Crippen LogP contribution in [0, 0.1) is 11.8 Å². The second-order valence-corrected chi connectivity index (χ2v) is 7.39. The quantitative estimate of drug-likeness (QED) is 0.752. The highest BCUT2D eigenvalue weighted by Crippen LogP contribution is 2.32. The molecule has 0 radical (unpaired) electrons. The molecular formula is C16H21BrN4O3. The Morgan fingerprint density at radius 2 is 1.75 bits per heavy atom. The maximum Gasteiger partial charge on any atom is 0.286 e. The largest absolute Gasteiger partial charge is 0.345 e. The number of hydrazine groups is 1. The average Bonchev–Trinajstić information content (AvgIpc) is 3.36. The summed E-state index contributed by atoms with van der Waals surface area (Å²) in [6, 6.07) is 1.68. The van der Waals surface area contributed by atoms with Gasteiger partial charge in [-0.05, 0) is 47.7 Å². The molecular weight excluding hydrogens is 376 g/mol. The number of piperidine rings is 1. The van der Waals surface area contributed by atoms with Gasteiger partial charge in [-0.1, -0.05) is 0 Å². The van der Waals surface area contributed by atoms with Crippen LogP contribution in [0.5, 0.6) is 0 Å². The summed E-state index contributed by atoms with van der Waals surface area (Å²) in [6.45, 7) is 1.23. The standard InChI is InChI=1S/C16H21BrN4O3/c1-20-9-12(17)8-13(20)15(23)19-18-14(22)10-4-6-21(7-5-10)16(24)11-2-3-11/h8-11H,2-7H2,1H3,(H,18,22)(H,19,23). The lowest BCUT2D eigenvalue weighted by Crippen LogP contribution is -2.48. The fourth-order valence-corrected chi connectivity index (χ4v) is 3.51. The highest BCUT2D eigenvalue weighted by molar-refractivity contribution is 9.10. The maximum absolute atomic E-state index is 12.2. The lowest BCUT2D eigenvalue weighted by molar-refractivity contribution is -0.136. The number of aromatic nitrogens is 1. The molecule has 0 unspecified atom stereocenters. The van der Waals surface area contributed by atoms with E-state index >= 15 is 0 Å². The molecule has 0 bridgehead atoms. The number of likely N-dealkylation sites (tertiary alicyclic amines) is 1. The zero-order valence-electron chi connectivity index (χ0n) is 13.5. The van der Waals surface area contributed by atoms with Crippen LogP contribution in [-0.4, -0.2) is 40.3 Å². The molecule has 1 aromatic heterocycles. The van der Waals surface area contributed by atoms with E-state index in [9.17, 15) is 14.4 Å². The van der Waals surface area contributed by atoms with E-state index in [2.05, 4.69) is 26.8 Å². The van der Waals surface area contributed by atoms with E-state index in [4.69, 9.17) is 0 Å². The number of halogens is 1. The Morgan fingerprint density at radius 3 is 2.29 bits per heavy atom. The molecule has 3 rings (SSSR count). The molecule has 2 N–H and O–H groups in total. The Morgan fingerprint density at radius 1 is 1.08 bits per heavy atom. The summed E-state index contributed by atoms with van der Waals surface area (Å²) >= 11 is 3.31. The van der Waals surface area contributed by atoms with E-state index < -0.39 is 0 Å². The van der Waals surface area contributed by atoms with Crippen LogP contribution < -0.4 is 10.9 Å². The van der Waals surface area contributed by atoms with Gasteiger partial charge in [-0.15, -0.1) is 0 Å². The summed E-state index contributed by atoms with van der Waals surface area (Å²) < 4.78 is 2.47. The van der Waals surface area contributed by atoms with Crippen molar-refractivity contribution in [1.29, 1.82) is 0 Å². The first kappa shape index (κ1) is 17.0. The molecule has 2 fully saturated rings. The minimum Gasteiger partial charge on any atom is -0.345 e. The van der Waals surface area contributed by atoms with Gasteiger partial charge in [0.25, 0.3) is 5.91 Å². The van der Waals surface area contributed by atoms with E-state index in [0.29, 0.717) is 31.6 Å². The lowest BCUT2D eigenvalue weighted by Gasteiger charge is -2.31. The molecule has 3 amide bonds. The van der Waals surface area contributed by atoms with Gasteiger partial charge in [0.15, 0.2) is 0 Å². The summed E-state index contributed by atoms with van der Waals surface area (Å²) in [5.74, 6) is -0.280. The molecule has 1 saturated heterocycles. The average molecular weight is 397 g/mol. The monoisotopic (exact) mass is 396 g/mol. The number of carbonyl (C=O) groups is 3. The SMILES string of the molecule is Cn1cc(Br)cc1C(=O)NNC(=O)C1CCN(C(=O)C2CC2)CC1. The molecule has 1 aliphatic carbocycles. The molecule has 2 aliphatic rings. The molecule has 0 aromatic carbocycles. The van der Waals surface area contributed by atoms with Crippen LogP contribution in [0.4, 0.5) is 0 Å². The van der Waals surface area contributed by atoms with Gasteiger partial charge in [-0.3, -0.25) is 25.2 Å². The van der Waals surface area contributed by atoms with E-state index in [1.807, 2.05) is 4.90 Å². The number of carbonyl (C=O) groups excluding carboxylic acids is 3. The van der Waals surface area contributed by atoms with Gasteiger partial charge in [-0.2, -0.15) is 0 Å². The summed E-state index contributed by atoms with van der Waals surface area (Å²) in [6.07, 6.45) is 5.04. The number of hydrogen-bond acceptors (Lipinski definition) is 3. The van der Waals surface area contributed by atoms with Crippen LogP contribution in [0.15, 0.2) is 16.7 Å². The van der Waals surface area contributed by atoms with E-state index in [1.165, 1.54) is 0 Å². The van der Waals surface area contributed by atoms with Crippen LogP contribution in [0.25, 0.3) is 0 Å². The van der Waals surface area contributed by atoms with Crippen molar-refractivity contribution in [3.63, 3.8) is 0 Å². The van der Waals surface area contributed by atoms with Crippen LogP contribution >= 0.6 is 15.9 Å². The third kappa shape index (κ3) is 3.80. The number of aryl methyl sites for hydroxylation is 1. The van der Waals surface area contributed by atoms with Gasteiger partial charge in [0.05, 0.1) is 0 Å². The van der Waals surface area contributed by atoms with E-state index in [1.54, 1.807) is 23.9 Å². The fraction of sp³-hybridized carbons (Fsp3) is 0.562. The second-order valence-electron chi connectivity index (χ2n) is 6.47. The third-order valence-corrected chi connectivity index (χ3v) is 5.04. The first-order valence-corrected chi connectivity index (χ1v) is 8.96. The van der Waals surface area contributed by atoms with Gasteiger partial charge in [0, 0.05) is 42.6 Å². The highest BCUT2D eigenvalue weighted by Gasteiger charge is 2.36. The summed E-state index contributed by atoms with van der Waals surface area (Å²) in [4.78, 5) is 38.1. The highest BCUT2D eigenvalue weighted by atomic mass is 79.9. The lowest BCUT2D eigenvalue weighted by atomic mass is 9.96.